The number of Topliss-reactive ketones (excluding diaryl/α,β-unsaturated/α-hetero) is 1. The molecule has 0 saturated carbocycles. The molecule has 1 aromatic rings. The van der Waals surface area contributed by atoms with Crippen molar-refractivity contribution in [1.29, 1.82) is 0 Å². The van der Waals surface area contributed by atoms with E-state index >= 15 is 0 Å². The number of carbonyl (C=O) groups is 7. The fourth-order valence-corrected chi connectivity index (χ4v) is 5.54. The van der Waals surface area contributed by atoms with Gasteiger partial charge >= 0.3 is 0 Å². The normalized spacial score (nSPS) is 25.0. The van der Waals surface area contributed by atoms with Crippen LogP contribution in [0.3, 0.4) is 0 Å². The molecule has 3 rings (SSSR count). The molecular formula is C32H45N9O8. The SMILES string of the molecule is CC(C)[C@H]1NC(=O)C(=O)[C@@H](CCCN=C(N)N)NC(=O)[C@H]2CCCN2C(=O)[C@H](NC=O)CNC(=O)/C=C/[C@@H](Cc2ccc(O)cc2)NC1=O. The molecule has 49 heavy (non-hydrogen) atoms. The lowest BCUT2D eigenvalue weighted by molar-refractivity contribution is -0.144. The van der Waals surface area contributed by atoms with Crippen molar-refractivity contribution in [2.45, 2.75) is 76.2 Å². The minimum atomic E-state index is -1.34. The second-order valence-electron chi connectivity index (χ2n) is 12.2. The minimum absolute atomic E-state index is 0.0329. The Hall–Kier alpha value is -5.48. The van der Waals surface area contributed by atoms with Gasteiger partial charge in [0.1, 0.15) is 23.9 Å². The van der Waals surface area contributed by atoms with Gasteiger partial charge in [-0.05, 0) is 55.7 Å². The minimum Gasteiger partial charge on any atom is -0.508 e. The number of ketones is 1. The molecule has 0 aliphatic carbocycles. The molecule has 0 bridgehead atoms. The van der Waals surface area contributed by atoms with Gasteiger partial charge in [-0.2, -0.15) is 0 Å². The Morgan fingerprint density at radius 3 is 2.43 bits per heavy atom. The van der Waals surface area contributed by atoms with Crippen LogP contribution in [-0.2, 0) is 40.0 Å². The van der Waals surface area contributed by atoms with E-state index < -0.39 is 71.4 Å². The second kappa shape index (κ2) is 18.2. The number of nitrogens with one attached hydrogen (secondary N) is 5. The molecule has 1 aromatic carbocycles. The molecule has 0 unspecified atom stereocenters. The maximum absolute atomic E-state index is 13.6. The summed E-state index contributed by atoms with van der Waals surface area (Å²) in [6.45, 7) is 3.32. The van der Waals surface area contributed by atoms with Crippen molar-refractivity contribution >= 4 is 47.7 Å². The zero-order valence-corrected chi connectivity index (χ0v) is 27.5. The highest BCUT2D eigenvalue weighted by Gasteiger charge is 2.39. The number of phenols is 1. The second-order valence-corrected chi connectivity index (χ2v) is 12.2. The number of carbonyl (C=O) groups excluding carboxylic acids is 7. The van der Waals surface area contributed by atoms with Gasteiger partial charge in [0, 0.05) is 25.7 Å². The van der Waals surface area contributed by atoms with Crippen LogP contribution in [0.1, 0.15) is 45.1 Å². The van der Waals surface area contributed by atoms with E-state index in [0.29, 0.717) is 18.4 Å². The lowest BCUT2D eigenvalue weighted by Gasteiger charge is -2.29. The van der Waals surface area contributed by atoms with E-state index in [1.54, 1.807) is 26.0 Å². The highest BCUT2D eigenvalue weighted by Crippen LogP contribution is 2.20. The molecule has 17 heteroatoms. The Morgan fingerprint density at radius 2 is 1.78 bits per heavy atom. The number of nitrogens with zero attached hydrogens (tertiary/aromatic N) is 2. The van der Waals surface area contributed by atoms with E-state index in [9.17, 15) is 38.7 Å². The summed E-state index contributed by atoms with van der Waals surface area (Å²) in [7, 11) is 0. The first-order valence-electron chi connectivity index (χ1n) is 16.1. The number of fused-ring (bicyclic) bond motifs is 1. The summed E-state index contributed by atoms with van der Waals surface area (Å²) >= 11 is 0. The number of guanidine groups is 1. The van der Waals surface area contributed by atoms with E-state index in [1.165, 1.54) is 23.1 Å². The molecule has 0 radical (unpaired) electrons. The van der Waals surface area contributed by atoms with Crippen molar-refractivity contribution in [3.8, 4) is 5.75 Å². The van der Waals surface area contributed by atoms with Crippen molar-refractivity contribution in [2.75, 3.05) is 19.6 Å². The average Bonchev–Trinajstić information content (AvgIpc) is 3.55. The number of nitrogens with two attached hydrogens (primary N) is 2. The molecule has 2 aliphatic heterocycles. The number of hydrogen-bond acceptors (Lipinski definition) is 9. The van der Waals surface area contributed by atoms with Crippen molar-refractivity contribution in [2.24, 2.45) is 22.4 Å². The number of hydrogen-bond donors (Lipinski definition) is 8. The van der Waals surface area contributed by atoms with Crippen LogP contribution in [0.4, 0.5) is 0 Å². The van der Waals surface area contributed by atoms with Gasteiger partial charge < -0.3 is 48.1 Å². The summed E-state index contributed by atoms with van der Waals surface area (Å²) < 4.78 is 0. The third kappa shape index (κ3) is 11.3. The first-order valence-corrected chi connectivity index (χ1v) is 16.1. The Labute approximate surface area is 283 Å². The monoisotopic (exact) mass is 683 g/mol. The predicted molar refractivity (Wildman–Crippen MR) is 177 cm³/mol. The van der Waals surface area contributed by atoms with E-state index in [0.717, 1.165) is 6.08 Å². The summed E-state index contributed by atoms with van der Waals surface area (Å²) in [5.74, 6) is -5.34. The maximum Gasteiger partial charge on any atom is 0.290 e. The molecule has 0 aromatic heterocycles. The molecule has 0 spiro atoms. The smallest absolute Gasteiger partial charge is 0.290 e. The first kappa shape index (κ1) is 38.0. The van der Waals surface area contributed by atoms with Crippen LogP contribution >= 0.6 is 0 Å². The maximum atomic E-state index is 13.6. The van der Waals surface area contributed by atoms with Gasteiger partial charge in [0.2, 0.25) is 35.8 Å². The summed E-state index contributed by atoms with van der Waals surface area (Å²) in [6.07, 6.45) is 3.95. The van der Waals surface area contributed by atoms with Gasteiger partial charge in [-0.3, -0.25) is 38.6 Å². The molecule has 17 nitrogen and oxygen atoms in total. The van der Waals surface area contributed by atoms with Gasteiger partial charge in [0.05, 0.1) is 12.1 Å². The highest BCUT2D eigenvalue weighted by atomic mass is 16.3. The van der Waals surface area contributed by atoms with Crippen LogP contribution in [0.2, 0.25) is 0 Å². The lowest BCUT2D eigenvalue weighted by atomic mass is 9.99. The van der Waals surface area contributed by atoms with Gasteiger partial charge in [0.15, 0.2) is 5.96 Å². The van der Waals surface area contributed by atoms with Crippen molar-refractivity contribution < 1.29 is 38.7 Å². The Balaban J connectivity index is 1.99. The zero-order chi connectivity index (χ0) is 36.1. The molecule has 266 valence electrons. The van der Waals surface area contributed by atoms with Crippen molar-refractivity contribution in [3.05, 3.63) is 42.0 Å². The van der Waals surface area contributed by atoms with Crippen molar-refractivity contribution in [3.63, 3.8) is 0 Å². The van der Waals surface area contributed by atoms with Gasteiger partial charge in [0.25, 0.3) is 5.91 Å². The Bertz CT molecular complexity index is 1440. The van der Waals surface area contributed by atoms with E-state index in [2.05, 4.69) is 31.6 Å². The molecule has 10 N–H and O–H groups in total. The third-order valence-corrected chi connectivity index (χ3v) is 8.12. The molecular weight excluding hydrogens is 638 g/mol. The summed E-state index contributed by atoms with van der Waals surface area (Å²) in [4.78, 5) is 96.9. The first-order chi connectivity index (χ1) is 23.3. The number of aliphatic imine (C=N–C) groups is 1. The van der Waals surface area contributed by atoms with E-state index in [4.69, 9.17) is 11.5 Å². The molecule has 1 fully saturated rings. The van der Waals surface area contributed by atoms with Gasteiger partial charge in [-0.1, -0.05) is 32.1 Å². The van der Waals surface area contributed by atoms with Gasteiger partial charge in [-0.15, -0.1) is 0 Å². The van der Waals surface area contributed by atoms with Crippen LogP contribution in [0.25, 0.3) is 0 Å². The molecule has 2 aliphatic rings. The Kier molecular flexibility index (Phi) is 14.1. The molecule has 2 heterocycles. The van der Waals surface area contributed by atoms with Crippen molar-refractivity contribution in [1.82, 2.24) is 31.5 Å². The molecule has 5 atom stereocenters. The number of amides is 6. The van der Waals surface area contributed by atoms with Crippen LogP contribution in [0.15, 0.2) is 41.4 Å². The molecule has 6 amide bonds. The topological polar surface area (TPSA) is 268 Å². The fraction of sp³-hybridized carbons (Fsp3) is 0.500. The summed E-state index contributed by atoms with van der Waals surface area (Å²) in [5.41, 5.74) is 11.5. The van der Waals surface area contributed by atoms with Crippen LogP contribution in [0.5, 0.6) is 5.75 Å². The average molecular weight is 684 g/mol. The number of benzene rings is 1. The summed E-state index contributed by atoms with van der Waals surface area (Å²) in [6, 6.07) is 0.655. The Morgan fingerprint density at radius 1 is 1.06 bits per heavy atom. The third-order valence-electron chi connectivity index (χ3n) is 8.12. The predicted octanol–water partition coefficient (Wildman–Crippen LogP) is -2.54. The van der Waals surface area contributed by atoms with Crippen LogP contribution in [0, 0.1) is 5.92 Å². The number of aromatic hydroxyl groups is 1. The standard InChI is InChI=1S/C32H45N9O8/c1-18(2)26-29(47)38-20(15-19-7-10-21(43)11-8-19)9-12-25(44)36-16-23(37-17-42)31(49)41-14-4-6-24(41)28(46)39-22(27(45)30(48)40-26)5-3-13-35-32(33)34/h7-12,17-18,20,22-24,26,43H,3-6,13-16H2,1-2H3,(H,36,44)(H,37,42)(H,38,47)(H,39,46)(H,40,48)(H4,33,34,35)/b12-9+/t20-,22+,23+,24+,26+/m0/s1. The fourth-order valence-electron chi connectivity index (χ4n) is 5.54. The van der Waals surface area contributed by atoms with Gasteiger partial charge in [-0.25, -0.2) is 0 Å². The zero-order valence-electron chi connectivity index (χ0n) is 27.5. The quantitative estimate of drug-likeness (QED) is 0.0444. The highest BCUT2D eigenvalue weighted by molar-refractivity contribution is 6.38. The van der Waals surface area contributed by atoms with E-state index in [1.807, 2.05) is 0 Å². The summed E-state index contributed by atoms with van der Waals surface area (Å²) in [5, 5.41) is 22.5. The van der Waals surface area contributed by atoms with Crippen LogP contribution in [-0.4, -0.2) is 108 Å². The largest absolute Gasteiger partial charge is 0.508 e. The van der Waals surface area contributed by atoms with E-state index in [-0.39, 0.29) is 57.0 Å². The lowest BCUT2D eigenvalue weighted by Crippen LogP contribution is -2.58. The molecule has 1 saturated heterocycles. The van der Waals surface area contributed by atoms with Crippen LogP contribution < -0.4 is 38.1 Å². The number of phenolic OH excluding ortho intramolecular Hbond substituents is 1. The number of rotatable bonds is 9.